The third kappa shape index (κ3) is 2.17. The number of hydrogen-bond acceptors (Lipinski definition) is 5. The van der Waals surface area contributed by atoms with Crippen molar-refractivity contribution in [1.82, 2.24) is 0 Å². The number of hydrogen-bond donors (Lipinski definition) is 2. The maximum Gasteiger partial charge on any atom is 0.302 e. The van der Waals surface area contributed by atoms with Gasteiger partial charge in [-0.15, -0.1) is 0 Å². The third-order valence-electron chi connectivity index (χ3n) is 1.71. The highest BCUT2D eigenvalue weighted by Gasteiger charge is 2.35. The van der Waals surface area contributed by atoms with Crippen LogP contribution in [-0.2, 0) is 14.3 Å². The molecule has 0 spiro atoms. The smallest absolute Gasteiger partial charge is 0.302 e. The lowest BCUT2D eigenvalue weighted by Crippen LogP contribution is -2.33. The van der Waals surface area contributed by atoms with E-state index in [9.17, 15) is 9.90 Å². The number of aliphatic hydroxyl groups excluding tert-OH is 2. The van der Waals surface area contributed by atoms with Crippen molar-refractivity contribution in [2.45, 2.75) is 25.2 Å². The Morgan fingerprint density at radius 2 is 2.33 bits per heavy atom. The number of carbonyl (C=O) groups excluding carboxylic acids is 1. The highest BCUT2D eigenvalue weighted by molar-refractivity contribution is 5.65. The largest absolute Gasteiger partial charge is 0.463 e. The fourth-order valence-electron chi connectivity index (χ4n) is 1.01. The minimum Gasteiger partial charge on any atom is -0.463 e. The molecule has 0 aliphatic carbocycles. The Labute approximate surface area is 69.9 Å². The molecule has 1 aliphatic heterocycles. The van der Waals surface area contributed by atoms with E-state index in [4.69, 9.17) is 9.84 Å². The van der Waals surface area contributed by atoms with Gasteiger partial charge in [-0.3, -0.25) is 4.79 Å². The van der Waals surface area contributed by atoms with Crippen LogP contribution in [0.1, 0.15) is 6.92 Å². The SMILES string of the molecule is CC(=O)OC[C@H]1OC[C@@H](O)[C@H]1O. The fraction of sp³-hybridized carbons (Fsp3) is 0.857. The first-order chi connectivity index (χ1) is 5.61. The lowest BCUT2D eigenvalue weighted by atomic mass is 10.2. The highest BCUT2D eigenvalue weighted by Crippen LogP contribution is 2.14. The fourth-order valence-corrected chi connectivity index (χ4v) is 1.01. The number of ether oxygens (including phenoxy) is 2. The molecule has 1 fully saturated rings. The molecule has 0 bridgehead atoms. The Bertz CT molecular complexity index is 169. The topological polar surface area (TPSA) is 76.0 Å². The van der Waals surface area contributed by atoms with Crippen LogP contribution in [0.4, 0.5) is 0 Å². The molecule has 0 saturated carbocycles. The van der Waals surface area contributed by atoms with E-state index in [1.54, 1.807) is 0 Å². The van der Waals surface area contributed by atoms with Crippen LogP contribution in [0.15, 0.2) is 0 Å². The summed E-state index contributed by atoms with van der Waals surface area (Å²) in [5, 5.41) is 18.2. The average molecular weight is 176 g/mol. The molecular formula is C7H12O5. The van der Waals surface area contributed by atoms with E-state index in [1.165, 1.54) is 6.92 Å². The molecule has 0 radical (unpaired) electrons. The number of esters is 1. The Morgan fingerprint density at radius 1 is 1.67 bits per heavy atom. The van der Waals surface area contributed by atoms with Crippen LogP contribution >= 0.6 is 0 Å². The molecule has 12 heavy (non-hydrogen) atoms. The molecule has 70 valence electrons. The van der Waals surface area contributed by atoms with E-state index in [2.05, 4.69) is 4.74 Å². The lowest BCUT2D eigenvalue weighted by Gasteiger charge is -2.13. The van der Waals surface area contributed by atoms with Gasteiger partial charge in [0.2, 0.25) is 0 Å². The van der Waals surface area contributed by atoms with Crippen molar-refractivity contribution in [1.29, 1.82) is 0 Å². The summed E-state index contributed by atoms with van der Waals surface area (Å²) >= 11 is 0. The number of aliphatic hydroxyl groups is 2. The van der Waals surface area contributed by atoms with E-state index in [0.29, 0.717) is 0 Å². The van der Waals surface area contributed by atoms with Gasteiger partial charge in [0, 0.05) is 6.92 Å². The van der Waals surface area contributed by atoms with Crippen molar-refractivity contribution in [2.75, 3.05) is 13.2 Å². The van der Waals surface area contributed by atoms with Crippen molar-refractivity contribution in [2.24, 2.45) is 0 Å². The van der Waals surface area contributed by atoms with Gasteiger partial charge in [0.1, 0.15) is 24.9 Å². The molecule has 0 unspecified atom stereocenters. The van der Waals surface area contributed by atoms with E-state index >= 15 is 0 Å². The molecule has 0 aromatic heterocycles. The predicted octanol–water partition coefficient (Wildman–Crippen LogP) is -1.33. The van der Waals surface area contributed by atoms with Crippen molar-refractivity contribution < 1.29 is 24.5 Å². The molecule has 1 rings (SSSR count). The average Bonchev–Trinajstić information content (AvgIpc) is 2.30. The summed E-state index contributed by atoms with van der Waals surface area (Å²) in [5.41, 5.74) is 0. The molecule has 3 atom stereocenters. The summed E-state index contributed by atoms with van der Waals surface area (Å²) in [6.45, 7) is 1.36. The zero-order valence-electron chi connectivity index (χ0n) is 6.77. The summed E-state index contributed by atoms with van der Waals surface area (Å²) in [5.74, 6) is -0.424. The zero-order chi connectivity index (χ0) is 9.14. The van der Waals surface area contributed by atoms with Crippen molar-refractivity contribution in [3.05, 3.63) is 0 Å². The molecule has 0 amide bonds. The molecule has 0 aromatic rings. The molecule has 5 nitrogen and oxygen atoms in total. The monoisotopic (exact) mass is 176 g/mol. The molecule has 1 aliphatic rings. The summed E-state index contributed by atoms with van der Waals surface area (Å²) < 4.78 is 9.56. The van der Waals surface area contributed by atoms with Crippen molar-refractivity contribution >= 4 is 5.97 Å². The quantitative estimate of drug-likeness (QED) is 0.510. The minimum atomic E-state index is -0.954. The predicted molar refractivity (Wildman–Crippen MR) is 38.4 cm³/mol. The Balaban J connectivity index is 2.29. The van der Waals surface area contributed by atoms with Gasteiger partial charge in [0.25, 0.3) is 0 Å². The summed E-state index contributed by atoms with van der Waals surface area (Å²) in [6, 6.07) is 0. The van der Waals surface area contributed by atoms with Gasteiger partial charge in [-0.25, -0.2) is 0 Å². The van der Waals surface area contributed by atoms with Gasteiger partial charge >= 0.3 is 5.97 Å². The van der Waals surface area contributed by atoms with Gasteiger partial charge in [-0.05, 0) is 0 Å². The molecule has 2 N–H and O–H groups in total. The lowest BCUT2D eigenvalue weighted by molar-refractivity contribution is -0.145. The summed E-state index contributed by atoms with van der Waals surface area (Å²) in [6.07, 6.45) is -2.42. The van der Waals surface area contributed by atoms with Crippen LogP contribution in [0.3, 0.4) is 0 Å². The number of rotatable bonds is 2. The van der Waals surface area contributed by atoms with Crippen LogP contribution < -0.4 is 0 Å². The Kier molecular flexibility index (Phi) is 3.02. The first-order valence-electron chi connectivity index (χ1n) is 3.72. The molecule has 5 heteroatoms. The Hall–Kier alpha value is -0.650. The van der Waals surface area contributed by atoms with Gasteiger partial charge in [0.15, 0.2) is 0 Å². The van der Waals surface area contributed by atoms with Crippen LogP contribution in [0, 0.1) is 0 Å². The van der Waals surface area contributed by atoms with E-state index in [1.807, 2.05) is 0 Å². The second-order valence-electron chi connectivity index (χ2n) is 2.73. The van der Waals surface area contributed by atoms with Crippen LogP contribution in [-0.4, -0.2) is 47.7 Å². The van der Waals surface area contributed by atoms with E-state index in [0.717, 1.165) is 0 Å². The standard InChI is InChI=1S/C7H12O5/c1-4(8)11-3-6-7(10)5(9)2-12-6/h5-7,9-10H,2-3H2,1H3/t5-,6-,7-/m1/s1. The maximum atomic E-state index is 10.4. The van der Waals surface area contributed by atoms with Gasteiger partial charge in [0.05, 0.1) is 6.61 Å². The second-order valence-corrected chi connectivity index (χ2v) is 2.73. The van der Waals surface area contributed by atoms with Crippen molar-refractivity contribution in [3.63, 3.8) is 0 Å². The summed E-state index contributed by atoms with van der Waals surface area (Å²) in [7, 11) is 0. The van der Waals surface area contributed by atoms with Crippen molar-refractivity contribution in [3.8, 4) is 0 Å². The highest BCUT2D eigenvalue weighted by atomic mass is 16.6. The maximum absolute atomic E-state index is 10.4. The number of carbonyl (C=O) groups is 1. The molecular weight excluding hydrogens is 164 g/mol. The molecule has 1 saturated heterocycles. The van der Waals surface area contributed by atoms with Gasteiger partial charge < -0.3 is 19.7 Å². The molecule has 0 aromatic carbocycles. The second kappa shape index (κ2) is 3.84. The van der Waals surface area contributed by atoms with Crippen LogP contribution in [0.25, 0.3) is 0 Å². The van der Waals surface area contributed by atoms with Crippen LogP contribution in [0.5, 0.6) is 0 Å². The third-order valence-corrected chi connectivity index (χ3v) is 1.71. The van der Waals surface area contributed by atoms with Crippen LogP contribution in [0.2, 0.25) is 0 Å². The molecule has 1 heterocycles. The Morgan fingerprint density at radius 3 is 2.75 bits per heavy atom. The zero-order valence-corrected chi connectivity index (χ0v) is 6.77. The summed E-state index contributed by atoms with van der Waals surface area (Å²) in [4.78, 5) is 10.4. The first kappa shape index (κ1) is 9.44. The van der Waals surface area contributed by atoms with Gasteiger partial charge in [-0.1, -0.05) is 0 Å². The normalized spacial score (nSPS) is 35.1. The van der Waals surface area contributed by atoms with E-state index < -0.39 is 24.3 Å². The van der Waals surface area contributed by atoms with E-state index in [-0.39, 0.29) is 13.2 Å². The van der Waals surface area contributed by atoms with Gasteiger partial charge in [-0.2, -0.15) is 0 Å². The first-order valence-corrected chi connectivity index (χ1v) is 3.72. The minimum absolute atomic E-state index is 0.00639.